The fourth-order valence-corrected chi connectivity index (χ4v) is 2.48. The van der Waals surface area contributed by atoms with Crippen molar-refractivity contribution in [3.05, 3.63) is 59.4 Å². The molecule has 0 fully saturated rings. The number of anilines is 1. The number of amides is 1. The van der Waals surface area contributed by atoms with Crippen LogP contribution in [0.1, 0.15) is 23.2 Å². The predicted octanol–water partition coefficient (Wildman–Crippen LogP) is 2.75. The Balaban J connectivity index is 1.66. The number of benzene rings is 1. The first kappa shape index (κ1) is 11.9. The van der Waals surface area contributed by atoms with Crippen LogP contribution < -0.4 is 5.32 Å². The van der Waals surface area contributed by atoms with Crippen molar-refractivity contribution in [3.8, 4) is 0 Å². The highest BCUT2D eigenvalue weighted by Crippen LogP contribution is 2.22. The van der Waals surface area contributed by atoms with Gasteiger partial charge in [0, 0.05) is 5.69 Å². The van der Waals surface area contributed by atoms with E-state index in [1.54, 1.807) is 6.20 Å². The number of aromatic nitrogens is 1. The van der Waals surface area contributed by atoms with E-state index < -0.39 is 0 Å². The molecule has 1 aromatic heterocycles. The molecule has 0 spiro atoms. The Morgan fingerprint density at radius 2 is 2.05 bits per heavy atom. The first-order valence-electron chi connectivity index (χ1n) is 6.63. The van der Waals surface area contributed by atoms with Crippen molar-refractivity contribution in [2.24, 2.45) is 0 Å². The molecule has 1 aliphatic carbocycles. The molecule has 19 heavy (non-hydrogen) atoms. The highest BCUT2D eigenvalue weighted by molar-refractivity contribution is 5.92. The average Bonchev–Trinajstić information content (AvgIpc) is 2.87. The van der Waals surface area contributed by atoms with Crippen LogP contribution in [0.15, 0.2) is 42.6 Å². The number of pyridine rings is 1. The van der Waals surface area contributed by atoms with Gasteiger partial charge in [0.25, 0.3) is 0 Å². The van der Waals surface area contributed by atoms with Crippen LogP contribution in [0.25, 0.3) is 0 Å². The summed E-state index contributed by atoms with van der Waals surface area (Å²) in [6, 6.07) is 11.8. The van der Waals surface area contributed by atoms with Crippen LogP contribution in [0, 0.1) is 0 Å². The molecule has 1 amide bonds. The second-order valence-corrected chi connectivity index (χ2v) is 4.89. The van der Waals surface area contributed by atoms with Gasteiger partial charge in [0.2, 0.25) is 5.91 Å². The number of nitrogens with zero attached hydrogens (tertiary/aromatic N) is 1. The third kappa shape index (κ3) is 2.81. The normalized spacial score (nSPS) is 13.1. The molecule has 96 valence electrons. The first-order chi connectivity index (χ1) is 9.31. The lowest BCUT2D eigenvalue weighted by Gasteiger charge is -2.07. The maximum absolute atomic E-state index is 11.9. The number of carbonyl (C=O) groups is 1. The molecule has 0 radical (unpaired) electrons. The van der Waals surface area contributed by atoms with Gasteiger partial charge in [0.1, 0.15) is 0 Å². The molecule has 1 heterocycles. The van der Waals surface area contributed by atoms with Crippen molar-refractivity contribution in [2.45, 2.75) is 25.7 Å². The van der Waals surface area contributed by atoms with Crippen LogP contribution in [-0.2, 0) is 24.1 Å². The molecule has 1 N–H and O–H groups in total. The lowest BCUT2D eigenvalue weighted by molar-refractivity contribution is -0.115. The molecule has 2 aromatic rings. The zero-order valence-electron chi connectivity index (χ0n) is 10.7. The minimum atomic E-state index is 0.00551. The Kier molecular flexibility index (Phi) is 3.27. The SMILES string of the molecule is O=C(Cc1ccccc1)Nc1cnc2c(c1)CCC2. The van der Waals surface area contributed by atoms with Gasteiger partial charge in [-0.15, -0.1) is 0 Å². The van der Waals surface area contributed by atoms with Gasteiger partial charge in [-0.05, 0) is 36.5 Å². The third-order valence-corrected chi connectivity index (χ3v) is 3.41. The summed E-state index contributed by atoms with van der Waals surface area (Å²) in [6.45, 7) is 0. The topological polar surface area (TPSA) is 42.0 Å². The zero-order valence-corrected chi connectivity index (χ0v) is 10.7. The molecule has 0 unspecified atom stereocenters. The molecule has 3 rings (SSSR count). The maximum Gasteiger partial charge on any atom is 0.228 e. The van der Waals surface area contributed by atoms with E-state index in [4.69, 9.17) is 0 Å². The Morgan fingerprint density at radius 3 is 2.89 bits per heavy atom. The van der Waals surface area contributed by atoms with Crippen molar-refractivity contribution in [1.29, 1.82) is 0 Å². The quantitative estimate of drug-likeness (QED) is 0.912. The Morgan fingerprint density at radius 1 is 1.21 bits per heavy atom. The second-order valence-electron chi connectivity index (χ2n) is 4.89. The van der Waals surface area contributed by atoms with Crippen molar-refractivity contribution < 1.29 is 4.79 Å². The number of aryl methyl sites for hydroxylation is 2. The Hall–Kier alpha value is -2.16. The summed E-state index contributed by atoms with van der Waals surface area (Å²) < 4.78 is 0. The molecule has 0 aliphatic heterocycles. The fourth-order valence-electron chi connectivity index (χ4n) is 2.48. The molecule has 0 saturated carbocycles. The standard InChI is InChI=1S/C16H16N2O/c19-16(9-12-5-2-1-3-6-12)18-14-10-13-7-4-8-15(13)17-11-14/h1-3,5-6,10-11H,4,7-9H2,(H,18,19). The first-order valence-corrected chi connectivity index (χ1v) is 6.63. The second kappa shape index (κ2) is 5.22. The van der Waals surface area contributed by atoms with Gasteiger partial charge < -0.3 is 5.32 Å². The van der Waals surface area contributed by atoms with Crippen LogP contribution in [-0.4, -0.2) is 10.9 Å². The minimum absolute atomic E-state index is 0.00551. The van der Waals surface area contributed by atoms with Gasteiger partial charge in [0.05, 0.1) is 18.3 Å². The van der Waals surface area contributed by atoms with E-state index in [1.165, 1.54) is 17.7 Å². The summed E-state index contributed by atoms with van der Waals surface area (Å²) in [4.78, 5) is 16.3. The molecule has 3 heteroatoms. The number of hydrogen-bond donors (Lipinski definition) is 1. The van der Waals surface area contributed by atoms with Crippen LogP contribution in [0.3, 0.4) is 0 Å². The molecular weight excluding hydrogens is 236 g/mol. The van der Waals surface area contributed by atoms with Gasteiger partial charge in [-0.1, -0.05) is 30.3 Å². The fraction of sp³-hybridized carbons (Fsp3) is 0.250. The highest BCUT2D eigenvalue weighted by Gasteiger charge is 2.13. The van der Waals surface area contributed by atoms with Crippen molar-refractivity contribution in [3.63, 3.8) is 0 Å². The van der Waals surface area contributed by atoms with Crippen LogP contribution in [0.2, 0.25) is 0 Å². The molecular formula is C16H16N2O. The lowest BCUT2D eigenvalue weighted by Crippen LogP contribution is -2.14. The minimum Gasteiger partial charge on any atom is -0.324 e. The van der Waals surface area contributed by atoms with Crippen molar-refractivity contribution >= 4 is 11.6 Å². The molecule has 3 nitrogen and oxygen atoms in total. The number of rotatable bonds is 3. The summed E-state index contributed by atoms with van der Waals surface area (Å²) in [5.41, 5.74) is 4.29. The summed E-state index contributed by atoms with van der Waals surface area (Å²) in [5, 5.41) is 2.92. The van der Waals surface area contributed by atoms with E-state index in [0.29, 0.717) is 6.42 Å². The van der Waals surface area contributed by atoms with Gasteiger partial charge in [0.15, 0.2) is 0 Å². The van der Waals surface area contributed by atoms with Gasteiger partial charge >= 0.3 is 0 Å². The number of nitrogens with one attached hydrogen (secondary N) is 1. The number of carbonyl (C=O) groups excluding carboxylic acids is 1. The number of hydrogen-bond acceptors (Lipinski definition) is 2. The monoisotopic (exact) mass is 252 g/mol. The highest BCUT2D eigenvalue weighted by atomic mass is 16.1. The third-order valence-electron chi connectivity index (χ3n) is 3.41. The summed E-state index contributed by atoms with van der Waals surface area (Å²) >= 11 is 0. The molecule has 1 aromatic carbocycles. The van der Waals surface area contributed by atoms with Gasteiger partial charge in [-0.3, -0.25) is 9.78 Å². The van der Waals surface area contributed by atoms with Crippen molar-refractivity contribution in [2.75, 3.05) is 5.32 Å². The maximum atomic E-state index is 11.9. The van der Waals surface area contributed by atoms with Crippen LogP contribution >= 0.6 is 0 Å². The molecule has 0 bridgehead atoms. The van der Waals surface area contributed by atoms with Crippen molar-refractivity contribution in [1.82, 2.24) is 4.98 Å². The number of fused-ring (bicyclic) bond motifs is 1. The van der Waals surface area contributed by atoms with E-state index in [0.717, 1.165) is 24.1 Å². The smallest absolute Gasteiger partial charge is 0.228 e. The van der Waals surface area contributed by atoms with Crippen LogP contribution in [0.4, 0.5) is 5.69 Å². The average molecular weight is 252 g/mol. The largest absolute Gasteiger partial charge is 0.324 e. The summed E-state index contributed by atoms with van der Waals surface area (Å²) in [7, 11) is 0. The summed E-state index contributed by atoms with van der Waals surface area (Å²) in [5.74, 6) is 0.00551. The Bertz CT molecular complexity index is 593. The van der Waals surface area contributed by atoms with Gasteiger partial charge in [-0.25, -0.2) is 0 Å². The molecule has 0 saturated heterocycles. The predicted molar refractivity (Wildman–Crippen MR) is 75.0 cm³/mol. The zero-order chi connectivity index (χ0) is 13.1. The lowest BCUT2D eigenvalue weighted by atomic mass is 10.1. The molecule has 0 atom stereocenters. The summed E-state index contributed by atoms with van der Waals surface area (Å²) in [6.07, 6.45) is 5.47. The van der Waals surface area contributed by atoms with E-state index in [2.05, 4.69) is 16.4 Å². The van der Waals surface area contributed by atoms with E-state index in [1.807, 2.05) is 30.3 Å². The van der Waals surface area contributed by atoms with E-state index in [-0.39, 0.29) is 5.91 Å². The van der Waals surface area contributed by atoms with Gasteiger partial charge in [-0.2, -0.15) is 0 Å². The van der Waals surface area contributed by atoms with Crippen LogP contribution in [0.5, 0.6) is 0 Å². The van der Waals surface area contributed by atoms with E-state index in [9.17, 15) is 4.79 Å². The Labute approximate surface area is 112 Å². The van der Waals surface area contributed by atoms with E-state index >= 15 is 0 Å². The molecule has 1 aliphatic rings.